The van der Waals surface area contributed by atoms with Gasteiger partial charge >= 0.3 is 0 Å². The van der Waals surface area contributed by atoms with Crippen LogP contribution in [0.4, 0.5) is 4.39 Å². The van der Waals surface area contributed by atoms with Gasteiger partial charge in [-0.1, -0.05) is 30.3 Å². The summed E-state index contributed by atoms with van der Waals surface area (Å²) >= 11 is 0. The Morgan fingerprint density at radius 1 is 1.19 bits per heavy atom. The maximum atomic E-state index is 12.8. The molecule has 0 saturated carbocycles. The number of hydrogen-bond donors (Lipinski definition) is 3. The van der Waals surface area contributed by atoms with Crippen LogP contribution in [0.3, 0.4) is 0 Å². The molecule has 0 bridgehead atoms. The van der Waals surface area contributed by atoms with Crippen LogP contribution in [0, 0.1) is 5.82 Å². The first-order valence-electron chi connectivity index (χ1n) is 6.57. The maximum absolute atomic E-state index is 12.8. The molecule has 0 heterocycles. The number of benzene rings is 2. The summed E-state index contributed by atoms with van der Waals surface area (Å²) in [5.74, 6) is -1.52. The topological polar surface area (TPSA) is 69.6 Å². The number of aromatic hydroxyl groups is 1. The van der Waals surface area contributed by atoms with Gasteiger partial charge in [0.1, 0.15) is 11.6 Å². The number of hydrogen-bond acceptors (Lipinski definition) is 3. The standard InChI is InChI=1S/C16H16FNO3/c17-12-6-7-13(15(20)10-12)16(21)18-9-8-14(19)11-4-2-1-3-5-11/h1-7,10,14,19-20H,8-9H2,(H,18,21). The molecule has 1 atom stereocenters. The number of phenols is 1. The summed E-state index contributed by atoms with van der Waals surface area (Å²) in [5.41, 5.74) is 0.780. The van der Waals surface area contributed by atoms with Crippen LogP contribution in [0.2, 0.25) is 0 Å². The molecule has 0 aliphatic rings. The monoisotopic (exact) mass is 289 g/mol. The lowest BCUT2D eigenvalue weighted by atomic mass is 10.1. The minimum Gasteiger partial charge on any atom is -0.507 e. The van der Waals surface area contributed by atoms with Crippen LogP contribution in [0.25, 0.3) is 0 Å². The van der Waals surface area contributed by atoms with Gasteiger partial charge in [0.25, 0.3) is 5.91 Å². The van der Waals surface area contributed by atoms with Crippen LogP contribution in [-0.4, -0.2) is 22.7 Å². The first kappa shape index (κ1) is 15.0. The Labute approximate surface area is 121 Å². The number of halogens is 1. The van der Waals surface area contributed by atoms with E-state index in [9.17, 15) is 19.4 Å². The summed E-state index contributed by atoms with van der Waals surface area (Å²) in [6.07, 6.45) is -0.328. The van der Waals surface area contributed by atoms with E-state index in [1.54, 1.807) is 12.1 Å². The summed E-state index contributed by atoms with van der Waals surface area (Å²) in [6.45, 7) is 0.242. The van der Waals surface area contributed by atoms with Crippen LogP contribution >= 0.6 is 0 Å². The van der Waals surface area contributed by atoms with Gasteiger partial charge in [0.2, 0.25) is 0 Å². The molecular weight excluding hydrogens is 273 g/mol. The van der Waals surface area contributed by atoms with Crippen LogP contribution in [0.1, 0.15) is 28.4 Å². The molecule has 0 saturated heterocycles. The van der Waals surface area contributed by atoms with E-state index in [2.05, 4.69) is 5.32 Å². The highest BCUT2D eigenvalue weighted by Crippen LogP contribution is 2.18. The van der Waals surface area contributed by atoms with Gasteiger partial charge in [-0.25, -0.2) is 4.39 Å². The second kappa shape index (κ2) is 6.85. The van der Waals surface area contributed by atoms with E-state index >= 15 is 0 Å². The van der Waals surface area contributed by atoms with E-state index in [1.807, 2.05) is 18.2 Å². The third kappa shape index (κ3) is 4.03. The second-order valence-electron chi connectivity index (χ2n) is 4.63. The number of carbonyl (C=O) groups excluding carboxylic acids is 1. The lowest BCUT2D eigenvalue weighted by Gasteiger charge is -2.12. The molecular formula is C16H16FNO3. The van der Waals surface area contributed by atoms with Crippen molar-refractivity contribution < 1.29 is 19.4 Å². The molecule has 1 amide bonds. The largest absolute Gasteiger partial charge is 0.507 e. The first-order chi connectivity index (χ1) is 10.1. The summed E-state index contributed by atoms with van der Waals surface area (Å²) in [6, 6.07) is 12.3. The Bertz CT molecular complexity index is 616. The fourth-order valence-corrected chi connectivity index (χ4v) is 1.96. The fourth-order valence-electron chi connectivity index (χ4n) is 1.96. The lowest BCUT2D eigenvalue weighted by Crippen LogP contribution is -2.25. The lowest BCUT2D eigenvalue weighted by molar-refractivity contribution is 0.0940. The second-order valence-corrected chi connectivity index (χ2v) is 4.63. The van der Waals surface area contributed by atoms with Crippen molar-refractivity contribution in [1.29, 1.82) is 0 Å². The Kier molecular flexibility index (Phi) is 4.90. The summed E-state index contributed by atoms with van der Waals surface area (Å²) < 4.78 is 12.8. The van der Waals surface area contributed by atoms with Crippen molar-refractivity contribution in [3.8, 4) is 5.75 Å². The number of carbonyl (C=O) groups is 1. The van der Waals surface area contributed by atoms with Crippen molar-refractivity contribution in [2.45, 2.75) is 12.5 Å². The SMILES string of the molecule is O=C(NCCC(O)c1ccccc1)c1ccc(F)cc1O. The number of amides is 1. The van der Waals surface area contributed by atoms with Gasteiger partial charge < -0.3 is 15.5 Å². The minimum absolute atomic E-state index is 0.00519. The Hall–Kier alpha value is -2.40. The van der Waals surface area contributed by atoms with Gasteiger partial charge in [-0.15, -0.1) is 0 Å². The van der Waals surface area contributed by atoms with E-state index < -0.39 is 23.6 Å². The van der Waals surface area contributed by atoms with Crippen LogP contribution < -0.4 is 5.32 Å². The molecule has 0 spiro atoms. The zero-order chi connectivity index (χ0) is 15.2. The van der Waals surface area contributed by atoms with Crippen molar-refractivity contribution >= 4 is 5.91 Å². The number of nitrogens with one attached hydrogen (secondary N) is 1. The van der Waals surface area contributed by atoms with Gasteiger partial charge in [0.15, 0.2) is 0 Å². The molecule has 0 fully saturated rings. The highest BCUT2D eigenvalue weighted by atomic mass is 19.1. The van der Waals surface area contributed by atoms with E-state index in [0.29, 0.717) is 6.42 Å². The predicted molar refractivity (Wildman–Crippen MR) is 76.4 cm³/mol. The van der Waals surface area contributed by atoms with Crippen molar-refractivity contribution in [3.05, 3.63) is 65.5 Å². The molecule has 4 nitrogen and oxygen atoms in total. The Morgan fingerprint density at radius 3 is 2.57 bits per heavy atom. The highest BCUT2D eigenvalue weighted by molar-refractivity contribution is 5.96. The average Bonchev–Trinajstić information content (AvgIpc) is 2.47. The smallest absolute Gasteiger partial charge is 0.255 e. The summed E-state index contributed by atoms with van der Waals surface area (Å²) in [5, 5.41) is 22.0. The maximum Gasteiger partial charge on any atom is 0.255 e. The van der Waals surface area contributed by atoms with E-state index in [4.69, 9.17) is 0 Å². The van der Waals surface area contributed by atoms with Crippen molar-refractivity contribution in [2.24, 2.45) is 0 Å². The van der Waals surface area contributed by atoms with Crippen molar-refractivity contribution in [1.82, 2.24) is 5.32 Å². The molecule has 0 aliphatic heterocycles. The van der Waals surface area contributed by atoms with Gasteiger partial charge in [-0.05, 0) is 24.1 Å². The minimum atomic E-state index is -0.673. The molecule has 21 heavy (non-hydrogen) atoms. The molecule has 0 aliphatic carbocycles. The molecule has 5 heteroatoms. The molecule has 0 aromatic heterocycles. The zero-order valence-electron chi connectivity index (χ0n) is 11.3. The van der Waals surface area contributed by atoms with Crippen molar-refractivity contribution in [2.75, 3.05) is 6.54 Å². The predicted octanol–water partition coefficient (Wildman–Crippen LogP) is 2.38. The van der Waals surface area contributed by atoms with Crippen LogP contribution in [-0.2, 0) is 0 Å². The van der Waals surface area contributed by atoms with Crippen LogP contribution in [0.15, 0.2) is 48.5 Å². The van der Waals surface area contributed by atoms with E-state index in [0.717, 1.165) is 17.7 Å². The highest BCUT2D eigenvalue weighted by Gasteiger charge is 2.12. The average molecular weight is 289 g/mol. The van der Waals surface area contributed by atoms with Crippen LogP contribution in [0.5, 0.6) is 5.75 Å². The third-order valence-electron chi connectivity index (χ3n) is 3.09. The van der Waals surface area contributed by atoms with Gasteiger partial charge in [0.05, 0.1) is 11.7 Å². The number of rotatable bonds is 5. The Balaban J connectivity index is 1.87. The number of aliphatic hydroxyl groups is 1. The number of aliphatic hydroxyl groups excluding tert-OH is 1. The van der Waals surface area contributed by atoms with E-state index in [-0.39, 0.29) is 12.1 Å². The van der Waals surface area contributed by atoms with E-state index in [1.165, 1.54) is 6.07 Å². The van der Waals surface area contributed by atoms with Gasteiger partial charge in [0, 0.05) is 12.6 Å². The van der Waals surface area contributed by atoms with Gasteiger partial charge in [-0.2, -0.15) is 0 Å². The molecule has 2 aromatic rings. The zero-order valence-corrected chi connectivity index (χ0v) is 11.3. The quantitative estimate of drug-likeness (QED) is 0.791. The van der Waals surface area contributed by atoms with Gasteiger partial charge in [-0.3, -0.25) is 4.79 Å². The molecule has 1 unspecified atom stereocenters. The molecule has 110 valence electrons. The first-order valence-corrected chi connectivity index (χ1v) is 6.57. The summed E-state index contributed by atoms with van der Waals surface area (Å²) in [4.78, 5) is 11.8. The Morgan fingerprint density at radius 2 is 1.90 bits per heavy atom. The fraction of sp³-hybridized carbons (Fsp3) is 0.188. The molecule has 0 radical (unpaired) electrons. The normalized spacial score (nSPS) is 11.9. The molecule has 2 aromatic carbocycles. The third-order valence-corrected chi connectivity index (χ3v) is 3.09. The summed E-state index contributed by atoms with van der Waals surface area (Å²) in [7, 11) is 0. The molecule has 2 rings (SSSR count). The molecule has 3 N–H and O–H groups in total. The number of phenolic OH excluding ortho intramolecular Hbond substituents is 1. The van der Waals surface area contributed by atoms with Crippen molar-refractivity contribution in [3.63, 3.8) is 0 Å².